The van der Waals surface area contributed by atoms with Gasteiger partial charge in [0, 0.05) is 25.8 Å². The van der Waals surface area contributed by atoms with Crippen molar-refractivity contribution in [2.75, 3.05) is 24.5 Å². The summed E-state index contributed by atoms with van der Waals surface area (Å²) in [6, 6.07) is 0. The summed E-state index contributed by atoms with van der Waals surface area (Å²) in [5.41, 5.74) is 1.05. The Kier molecular flexibility index (Phi) is 5.58. The van der Waals surface area contributed by atoms with Gasteiger partial charge in [0.15, 0.2) is 0 Å². The maximum atomic E-state index is 4.72. The minimum Gasteiger partial charge on any atom is -0.355 e. The van der Waals surface area contributed by atoms with E-state index in [-0.39, 0.29) is 0 Å². The summed E-state index contributed by atoms with van der Waals surface area (Å²) in [5.74, 6) is 1.89. The number of hydrogen-bond acceptors (Lipinski definition) is 4. The molecule has 1 aromatic heterocycles. The molecule has 0 amide bonds. The van der Waals surface area contributed by atoms with Crippen LogP contribution in [0.5, 0.6) is 0 Å². The second-order valence-corrected chi connectivity index (χ2v) is 5.43. The zero-order valence-corrected chi connectivity index (χ0v) is 12.2. The third-order valence-corrected chi connectivity index (χ3v) is 3.71. The van der Waals surface area contributed by atoms with Gasteiger partial charge in [-0.25, -0.2) is 4.98 Å². The molecule has 19 heavy (non-hydrogen) atoms. The summed E-state index contributed by atoms with van der Waals surface area (Å²) in [5, 5.41) is 3.38. The molecule has 4 nitrogen and oxygen atoms in total. The van der Waals surface area contributed by atoms with E-state index in [9.17, 15) is 0 Å². The SMILES string of the molecule is CCCNCc1cncc(N2CCC(CCC)C2)n1. The number of nitrogens with zero attached hydrogens (tertiary/aromatic N) is 3. The van der Waals surface area contributed by atoms with Crippen molar-refractivity contribution in [2.24, 2.45) is 5.92 Å². The van der Waals surface area contributed by atoms with E-state index in [0.29, 0.717) is 0 Å². The first kappa shape index (κ1) is 14.3. The first-order valence-corrected chi connectivity index (χ1v) is 7.60. The van der Waals surface area contributed by atoms with E-state index in [0.717, 1.165) is 50.0 Å². The third kappa shape index (κ3) is 4.16. The first-order chi connectivity index (χ1) is 9.33. The Hall–Kier alpha value is -1.16. The molecule has 2 rings (SSSR count). The Labute approximate surface area is 116 Å². The summed E-state index contributed by atoms with van der Waals surface area (Å²) in [6.07, 6.45) is 8.84. The zero-order chi connectivity index (χ0) is 13.5. The Bertz CT molecular complexity index is 380. The lowest BCUT2D eigenvalue weighted by molar-refractivity contribution is 0.529. The summed E-state index contributed by atoms with van der Waals surface area (Å²) >= 11 is 0. The van der Waals surface area contributed by atoms with Gasteiger partial charge in [0.2, 0.25) is 0 Å². The Morgan fingerprint density at radius 1 is 1.32 bits per heavy atom. The molecule has 4 heteroatoms. The minimum absolute atomic E-state index is 0.820. The van der Waals surface area contributed by atoms with Gasteiger partial charge in [-0.3, -0.25) is 4.98 Å². The molecule has 1 aromatic rings. The number of anilines is 1. The van der Waals surface area contributed by atoms with Crippen molar-refractivity contribution in [3.63, 3.8) is 0 Å². The summed E-state index contributed by atoms with van der Waals surface area (Å²) in [6.45, 7) is 8.57. The van der Waals surface area contributed by atoms with Gasteiger partial charge in [-0.1, -0.05) is 20.3 Å². The Balaban J connectivity index is 1.91. The predicted molar refractivity (Wildman–Crippen MR) is 79.3 cm³/mol. The molecule has 0 aliphatic carbocycles. The van der Waals surface area contributed by atoms with E-state index in [1.165, 1.54) is 19.3 Å². The lowest BCUT2D eigenvalue weighted by Crippen LogP contribution is -2.22. The van der Waals surface area contributed by atoms with E-state index in [1.54, 1.807) is 0 Å². The molecule has 1 N–H and O–H groups in total. The second kappa shape index (κ2) is 7.43. The van der Waals surface area contributed by atoms with Gasteiger partial charge in [0.05, 0.1) is 11.9 Å². The molecular formula is C15H26N4. The van der Waals surface area contributed by atoms with Crippen LogP contribution in [0.25, 0.3) is 0 Å². The van der Waals surface area contributed by atoms with Gasteiger partial charge < -0.3 is 10.2 Å². The van der Waals surface area contributed by atoms with Crippen LogP contribution in [0, 0.1) is 5.92 Å². The van der Waals surface area contributed by atoms with Crippen molar-refractivity contribution < 1.29 is 0 Å². The van der Waals surface area contributed by atoms with Crippen LogP contribution >= 0.6 is 0 Å². The molecule has 0 saturated carbocycles. The van der Waals surface area contributed by atoms with Crippen molar-refractivity contribution in [1.29, 1.82) is 0 Å². The van der Waals surface area contributed by atoms with Crippen LogP contribution in [0.2, 0.25) is 0 Å². The molecular weight excluding hydrogens is 236 g/mol. The van der Waals surface area contributed by atoms with Crippen molar-refractivity contribution in [3.8, 4) is 0 Å². The second-order valence-electron chi connectivity index (χ2n) is 5.43. The molecule has 0 radical (unpaired) electrons. The molecule has 0 aromatic carbocycles. The zero-order valence-electron chi connectivity index (χ0n) is 12.2. The molecule has 2 heterocycles. The van der Waals surface area contributed by atoms with Crippen molar-refractivity contribution >= 4 is 5.82 Å². The highest BCUT2D eigenvalue weighted by molar-refractivity contribution is 5.37. The van der Waals surface area contributed by atoms with E-state index in [4.69, 9.17) is 4.98 Å². The lowest BCUT2D eigenvalue weighted by atomic mass is 10.0. The molecule has 1 aliphatic rings. The molecule has 1 fully saturated rings. The highest BCUT2D eigenvalue weighted by atomic mass is 15.2. The van der Waals surface area contributed by atoms with Crippen LogP contribution < -0.4 is 10.2 Å². The van der Waals surface area contributed by atoms with Crippen molar-refractivity contribution in [2.45, 2.75) is 46.1 Å². The fourth-order valence-electron chi connectivity index (χ4n) is 2.71. The maximum Gasteiger partial charge on any atom is 0.147 e. The molecule has 1 saturated heterocycles. The fourth-order valence-corrected chi connectivity index (χ4v) is 2.71. The van der Waals surface area contributed by atoms with E-state index in [1.807, 2.05) is 12.4 Å². The summed E-state index contributed by atoms with van der Waals surface area (Å²) in [4.78, 5) is 11.4. The normalized spacial score (nSPS) is 19.1. The number of rotatable bonds is 7. The average Bonchev–Trinajstić information content (AvgIpc) is 2.89. The first-order valence-electron chi connectivity index (χ1n) is 7.60. The van der Waals surface area contributed by atoms with E-state index >= 15 is 0 Å². The molecule has 1 aliphatic heterocycles. The lowest BCUT2D eigenvalue weighted by Gasteiger charge is -2.17. The van der Waals surface area contributed by atoms with E-state index < -0.39 is 0 Å². The highest BCUT2D eigenvalue weighted by Gasteiger charge is 2.22. The molecule has 1 atom stereocenters. The van der Waals surface area contributed by atoms with Crippen LogP contribution in [0.3, 0.4) is 0 Å². The van der Waals surface area contributed by atoms with Gasteiger partial charge in [-0.2, -0.15) is 0 Å². The van der Waals surface area contributed by atoms with Crippen molar-refractivity contribution in [1.82, 2.24) is 15.3 Å². The fraction of sp³-hybridized carbons (Fsp3) is 0.733. The molecule has 0 spiro atoms. The van der Waals surface area contributed by atoms with Gasteiger partial charge in [0.1, 0.15) is 5.82 Å². The van der Waals surface area contributed by atoms with Gasteiger partial charge >= 0.3 is 0 Å². The molecule has 106 valence electrons. The van der Waals surface area contributed by atoms with Crippen molar-refractivity contribution in [3.05, 3.63) is 18.1 Å². The number of nitrogens with one attached hydrogen (secondary N) is 1. The van der Waals surface area contributed by atoms with Gasteiger partial charge in [-0.05, 0) is 31.7 Å². The molecule has 1 unspecified atom stereocenters. The Morgan fingerprint density at radius 2 is 2.21 bits per heavy atom. The monoisotopic (exact) mass is 262 g/mol. The standard InChI is InChI=1S/C15H26N4/c1-3-5-13-6-8-19(12-13)15-11-17-10-14(18-15)9-16-7-4-2/h10-11,13,16H,3-9,12H2,1-2H3. The van der Waals surface area contributed by atoms with Crippen LogP contribution in [0.1, 0.15) is 45.2 Å². The van der Waals surface area contributed by atoms with Gasteiger partial charge in [-0.15, -0.1) is 0 Å². The highest BCUT2D eigenvalue weighted by Crippen LogP contribution is 2.24. The molecule has 0 bridgehead atoms. The number of hydrogen-bond donors (Lipinski definition) is 1. The summed E-state index contributed by atoms with van der Waals surface area (Å²) < 4.78 is 0. The van der Waals surface area contributed by atoms with E-state index in [2.05, 4.69) is 29.0 Å². The average molecular weight is 262 g/mol. The quantitative estimate of drug-likeness (QED) is 0.767. The van der Waals surface area contributed by atoms with Crippen LogP contribution in [0.4, 0.5) is 5.82 Å². The largest absolute Gasteiger partial charge is 0.355 e. The van der Waals surface area contributed by atoms with Crippen LogP contribution in [0.15, 0.2) is 12.4 Å². The number of aromatic nitrogens is 2. The Morgan fingerprint density at radius 3 is 3.00 bits per heavy atom. The third-order valence-electron chi connectivity index (χ3n) is 3.71. The predicted octanol–water partition coefficient (Wildman–Crippen LogP) is 2.60. The minimum atomic E-state index is 0.820. The van der Waals surface area contributed by atoms with Crippen LogP contribution in [-0.2, 0) is 6.54 Å². The van der Waals surface area contributed by atoms with Crippen LogP contribution in [-0.4, -0.2) is 29.6 Å². The smallest absolute Gasteiger partial charge is 0.147 e. The van der Waals surface area contributed by atoms with Gasteiger partial charge in [0.25, 0.3) is 0 Å². The topological polar surface area (TPSA) is 41.1 Å². The maximum absolute atomic E-state index is 4.72. The summed E-state index contributed by atoms with van der Waals surface area (Å²) in [7, 11) is 0.